The molecule has 0 fully saturated rings. The Hall–Kier alpha value is -3.02. The van der Waals surface area contributed by atoms with E-state index in [0.29, 0.717) is 12.4 Å². The molecule has 1 N–H and O–H groups in total. The van der Waals surface area contributed by atoms with Gasteiger partial charge in [0.2, 0.25) is 0 Å². The van der Waals surface area contributed by atoms with Gasteiger partial charge in [-0.1, -0.05) is 24.3 Å². The predicted molar refractivity (Wildman–Crippen MR) is 78.1 cm³/mol. The monoisotopic (exact) mass is 279 g/mol. The number of H-pyrrole nitrogens is 1. The van der Waals surface area contributed by atoms with Crippen molar-refractivity contribution < 1.29 is 4.74 Å². The zero-order valence-corrected chi connectivity index (χ0v) is 11.2. The van der Waals surface area contributed by atoms with Crippen molar-refractivity contribution >= 4 is 12.2 Å². The lowest BCUT2D eigenvalue weighted by molar-refractivity contribution is 0.305. The number of para-hydroxylation sites is 1. The first-order chi connectivity index (χ1) is 10.4. The molecule has 3 aromatic rings. The molecule has 0 aliphatic carbocycles. The Morgan fingerprint density at radius 1 is 1.10 bits per heavy atom. The molecule has 2 aromatic heterocycles. The summed E-state index contributed by atoms with van der Waals surface area (Å²) in [5.74, 6) is 1.32. The van der Waals surface area contributed by atoms with Crippen molar-refractivity contribution in [2.45, 2.75) is 6.61 Å². The minimum absolute atomic E-state index is 0.473. The molecule has 3 rings (SSSR count). The molecule has 6 nitrogen and oxygen atoms in total. The zero-order valence-electron chi connectivity index (χ0n) is 11.2. The van der Waals surface area contributed by atoms with Crippen LogP contribution in [0.2, 0.25) is 0 Å². The van der Waals surface area contributed by atoms with Crippen LogP contribution in [0.25, 0.3) is 12.2 Å². The summed E-state index contributed by atoms with van der Waals surface area (Å²) < 4.78 is 5.84. The largest absolute Gasteiger partial charge is 0.488 e. The Morgan fingerprint density at radius 3 is 2.86 bits per heavy atom. The molecule has 1 aromatic carbocycles. The molecule has 104 valence electrons. The number of hydrogen-bond donors (Lipinski definition) is 1. The van der Waals surface area contributed by atoms with Gasteiger partial charge in [-0.15, -0.1) is 10.2 Å². The SMILES string of the molecule is C(=C/c1ccccc1OCc1cccnc1)/c1nn[nH]n1. The maximum Gasteiger partial charge on any atom is 0.197 e. The molecule has 0 unspecified atom stereocenters. The summed E-state index contributed by atoms with van der Waals surface area (Å²) in [6.07, 6.45) is 7.20. The Balaban J connectivity index is 1.73. The zero-order chi connectivity index (χ0) is 14.3. The van der Waals surface area contributed by atoms with E-state index >= 15 is 0 Å². The molecular weight excluding hydrogens is 266 g/mol. The number of benzene rings is 1. The van der Waals surface area contributed by atoms with E-state index in [1.54, 1.807) is 18.5 Å². The topological polar surface area (TPSA) is 76.6 Å². The molecule has 0 atom stereocenters. The van der Waals surface area contributed by atoms with Gasteiger partial charge in [-0.3, -0.25) is 4.98 Å². The van der Waals surface area contributed by atoms with Gasteiger partial charge in [-0.2, -0.15) is 5.21 Å². The van der Waals surface area contributed by atoms with E-state index in [1.807, 2.05) is 42.5 Å². The highest BCUT2D eigenvalue weighted by molar-refractivity contribution is 5.69. The average molecular weight is 279 g/mol. The standard InChI is InChI=1S/C15H13N5O/c1-2-6-14(21-11-12-4-3-9-16-10-12)13(5-1)7-8-15-17-19-20-18-15/h1-10H,11H2,(H,17,18,19,20)/b8-7-. The number of nitrogens with zero attached hydrogens (tertiary/aromatic N) is 4. The number of aromatic amines is 1. The first-order valence-corrected chi connectivity index (χ1v) is 6.44. The quantitative estimate of drug-likeness (QED) is 0.775. The lowest BCUT2D eigenvalue weighted by Gasteiger charge is -2.08. The van der Waals surface area contributed by atoms with E-state index in [1.165, 1.54) is 0 Å². The number of rotatable bonds is 5. The van der Waals surface area contributed by atoms with Gasteiger partial charge in [-0.05, 0) is 29.5 Å². The molecule has 0 bridgehead atoms. The third-order valence-electron chi connectivity index (χ3n) is 2.81. The highest BCUT2D eigenvalue weighted by Gasteiger charge is 2.01. The summed E-state index contributed by atoms with van der Waals surface area (Å²) in [4.78, 5) is 4.07. The number of tetrazole rings is 1. The highest BCUT2D eigenvalue weighted by atomic mass is 16.5. The van der Waals surface area contributed by atoms with Crippen molar-refractivity contribution in [3.8, 4) is 5.75 Å². The molecular formula is C15H13N5O. The van der Waals surface area contributed by atoms with E-state index in [2.05, 4.69) is 25.6 Å². The van der Waals surface area contributed by atoms with Crippen LogP contribution in [-0.4, -0.2) is 25.6 Å². The number of hydrogen-bond acceptors (Lipinski definition) is 5. The molecule has 0 aliphatic heterocycles. The van der Waals surface area contributed by atoms with Crippen LogP contribution in [0, 0.1) is 0 Å². The summed E-state index contributed by atoms with van der Waals surface area (Å²) >= 11 is 0. The van der Waals surface area contributed by atoms with Crippen LogP contribution in [-0.2, 0) is 6.61 Å². The predicted octanol–water partition coefficient (Wildman–Crippen LogP) is 2.34. The normalized spacial score (nSPS) is 10.9. The van der Waals surface area contributed by atoms with Crippen LogP contribution in [0.15, 0.2) is 48.8 Å². The molecule has 0 radical (unpaired) electrons. The van der Waals surface area contributed by atoms with Crippen molar-refractivity contribution in [1.82, 2.24) is 25.6 Å². The molecule has 2 heterocycles. The third kappa shape index (κ3) is 3.50. The van der Waals surface area contributed by atoms with Crippen molar-refractivity contribution in [3.63, 3.8) is 0 Å². The molecule has 0 saturated heterocycles. The molecule has 0 saturated carbocycles. The van der Waals surface area contributed by atoms with Gasteiger partial charge >= 0.3 is 0 Å². The summed E-state index contributed by atoms with van der Waals surface area (Å²) in [6.45, 7) is 0.473. The van der Waals surface area contributed by atoms with Gasteiger partial charge < -0.3 is 4.74 Å². The maximum absolute atomic E-state index is 5.84. The van der Waals surface area contributed by atoms with Gasteiger partial charge in [0.1, 0.15) is 12.4 Å². The second-order valence-corrected chi connectivity index (χ2v) is 4.29. The molecule has 0 spiro atoms. The van der Waals surface area contributed by atoms with E-state index in [9.17, 15) is 0 Å². The number of ether oxygens (including phenoxy) is 1. The van der Waals surface area contributed by atoms with Gasteiger partial charge in [0, 0.05) is 23.5 Å². The number of nitrogens with one attached hydrogen (secondary N) is 1. The Labute approximate surface area is 121 Å². The minimum Gasteiger partial charge on any atom is -0.488 e. The Morgan fingerprint density at radius 2 is 2.05 bits per heavy atom. The van der Waals surface area contributed by atoms with E-state index in [-0.39, 0.29) is 0 Å². The van der Waals surface area contributed by atoms with Crippen molar-refractivity contribution in [1.29, 1.82) is 0 Å². The van der Waals surface area contributed by atoms with Gasteiger partial charge in [0.15, 0.2) is 5.82 Å². The van der Waals surface area contributed by atoms with Crippen LogP contribution < -0.4 is 4.74 Å². The molecule has 21 heavy (non-hydrogen) atoms. The van der Waals surface area contributed by atoms with Crippen LogP contribution in [0.5, 0.6) is 5.75 Å². The number of pyridine rings is 1. The average Bonchev–Trinajstić information content (AvgIpc) is 3.06. The van der Waals surface area contributed by atoms with E-state index in [0.717, 1.165) is 16.9 Å². The first kappa shape index (κ1) is 13.0. The fourth-order valence-electron chi connectivity index (χ4n) is 1.80. The first-order valence-electron chi connectivity index (χ1n) is 6.44. The van der Waals surface area contributed by atoms with Gasteiger partial charge in [-0.25, -0.2) is 0 Å². The van der Waals surface area contributed by atoms with Crippen molar-refractivity contribution in [2.24, 2.45) is 0 Å². The lowest BCUT2D eigenvalue weighted by atomic mass is 10.2. The van der Waals surface area contributed by atoms with Crippen LogP contribution in [0.4, 0.5) is 0 Å². The third-order valence-corrected chi connectivity index (χ3v) is 2.81. The smallest absolute Gasteiger partial charge is 0.197 e. The second-order valence-electron chi connectivity index (χ2n) is 4.29. The van der Waals surface area contributed by atoms with Crippen LogP contribution in [0.3, 0.4) is 0 Å². The van der Waals surface area contributed by atoms with Crippen molar-refractivity contribution in [3.05, 3.63) is 65.7 Å². The fraction of sp³-hybridized carbons (Fsp3) is 0.0667. The Kier molecular flexibility index (Phi) is 3.97. The molecule has 6 heteroatoms. The van der Waals surface area contributed by atoms with Gasteiger partial charge in [0.05, 0.1) is 0 Å². The summed E-state index contributed by atoms with van der Waals surface area (Å²) in [5.41, 5.74) is 1.97. The van der Waals surface area contributed by atoms with Crippen LogP contribution >= 0.6 is 0 Å². The lowest BCUT2D eigenvalue weighted by Crippen LogP contribution is -1.97. The summed E-state index contributed by atoms with van der Waals surface area (Å²) in [5, 5.41) is 13.7. The molecule has 0 aliphatic rings. The second kappa shape index (κ2) is 6.42. The summed E-state index contributed by atoms with van der Waals surface area (Å²) in [6, 6.07) is 11.6. The molecule has 0 amide bonds. The van der Waals surface area contributed by atoms with E-state index in [4.69, 9.17) is 4.74 Å². The van der Waals surface area contributed by atoms with Gasteiger partial charge in [0.25, 0.3) is 0 Å². The highest BCUT2D eigenvalue weighted by Crippen LogP contribution is 2.21. The fourth-order valence-corrected chi connectivity index (χ4v) is 1.80. The van der Waals surface area contributed by atoms with Crippen LogP contribution in [0.1, 0.15) is 17.0 Å². The summed E-state index contributed by atoms with van der Waals surface area (Å²) in [7, 11) is 0. The van der Waals surface area contributed by atoms with Crippen molar-refractivity contribution in [2.75, 3.05) is 0 Å². The maximum atomic E-state index is 5.84. The minimum atomic E-state index is 0.473. The van der Waals surface area contributed by atoms with E-state index < -0.39 is 0 Å². The number of aromatic nitrogens is 5. The Bertz CT molecular complexity index is 710.